The molecule has 6 heteroatoms. The quantitative estimate of drug-likeness (QED) is 0.582. The van der Waals surface area contributed by atoms with Gasteiger partial charge < -0.3 is 9.67 Å². The van der Waals surface area contributed by atoms with Crippen molar-refractivity contribution in [2.75, 3.05) is 0 Å². The molecule has 0 saturated carbocycles. The summed E-state index contributed by atoms with van der Waals surface area (Å²) in [6, 6.07) is 2.61. The fraction of sp³-hybridized carbons (Fsp3) is 0.444. The molecule has 1 N–H and O–H groups in total. The number of aryl methyl sites for hydroxylation is 1. The molecule has 0 aliphatic rings. The van der Waals surface area contributed by atoms with Gasteiger partial charge in [-0.3, -0.25) is 14.9 Å². The van der Waals surface area contributed by atoms with Crippen molar-refractivity contribution in [2.45, 2.75) is 26.0 Å². The van der Waals surface area contributed by atoms with Crippen molar-refractivity contribution in [3.8, 4) is 0 Å². The summed E-state index contributed by atoms with van der Waals surface area (Å²) in [5.41, 5.74) is -1.08. The molecule has 0 aliphatic heterocycles. The van der Waals surface area contributed by atoms with Crippen molar-refractivity contribution in [3.63, 3.8) is 0 Å². The zero-order valence-corrected chi connectivity index (χ0v) is 8.29. The Bertz CT molecular complexity index is 411. The van der Waals surface area contributed by atoms with Crippen LogP contribution in [0.3, 0.4) is 0 Å². The second-order valence-electron chi connectivity index (χ2n) is 3.29. The van der Waals surface area contributed by atoms with Gasteiger partial charge in [0.05, 0.1) is 11.0 Å². The van der Waals surface area contributed by atoms with Crippen LogP contribution in [0.4, 0.5) is 5.69 Å². The molecule has 82 valence electrons. The van der Waals surface area contributed by atoms with Gasteiger partial charge in [-0.1, -0.05) is 0 Å². The minimum Gasteiger partial charge on any atom is -0.393 e. The van der Waals surface area contributed by atoms with Crippen molar-refractivity contribution in [1.82, 2.24) is 4.57 Å². The Balaban J connectivity index is 2.95. The number of rotatable bonds is 4. The summed E-state index contributed by atoms with van der Waals surface area (Å²) in [5.74, 6) is 0. The molecule has 0 saturated heterocycles. The number of hydrogen-bond donors (Lipinski definition) is 1. The number of nitro groups is 1. The van der Waals surface area contributed by atoms with Gasteiger partial charge in [0.1, 0.15) is 0 Å². The van der Waals surface area contributed by atoms with E-state index >= 15 is 0 Å². The number of aliphatic hydroxyl groups is 1. The van der Waals surface area contributed by atoms with Crippen LogP contribution in [0.2, 0.25) is 0 Å². The average molecular weight is 212 g/mol. The van der Waals surface area contributed by atoms with E-state index in [0.717, 1.165) is 0 Å². The van der Waals surface area contributed by atoms with Crippen LogP contribution in [0.1, 0.15) is 13.3 Å². The van der Waals surface area contributed by atoms with E-state index in [1.54, 1.807) is 6.92 Å². The molecule has 0 bridgehead atoms. The van der Waals surface area contributed by atoms with E-state index in [-0.39, 0.29) is 6.54 Å². The van der Waals surface area contributed by atoms with Crippen LogP contribution in [0.15, 0.2) is 23.1 Å². The highest BCUT2D eigenvalue weighted by Crippen LogP contribution is 2.02. The van der Waals surface area contributed by atoms with Crippen molar-refractivity contribution < 1.29 is 10.0 Å². The van der Waals surface area contributed by atoms with Crippen molar-refractivity contribution in [3.05, 3.63) is 38.8 Å². The number of hydrogen-bond acceptors (Lipinski definition) is 4. The predicted octanol–water partition coefficient (Wildman–Crippen LogP) is 0.527. The van der Waals surface area contributed by atoms with Crippen molar-refractivity contribution in [2.24, 2.45) is 0 Å². The standard InChI is InChI=1S/C9H12N2O4/c1-7(12)4-6-10-5-2-3-8(9(10)13)11(14)15/h2-3,5,7,12H,4,6H2,1H3. The van der Waals surface area contributed by atoms with E-state index in [4.69, 9.17) is 5.11 Å². The summed E-state index contributed by atoms with van der Waals surface area (Å²) in [6.07, 6.45) is 1.33. The molecule has 1 aromatic rings. The highest BCUT2D eigenvalue weighted by molar-refractivity contribution is 5.24. The van der Waals surface area contributed by atoms with Gasteiger partial charge in [-0.25, -0.2) is 0 Å². The van der Waals surface area contributed by atoms with Crippen LogP contribution >= 0.6 is 0 Å². The first-order valence-electron chi connectivity index (χ1n) is 4.54. The fourth-order valence-electron chi connectivity index (χ4n) is 1.17. The lowest BCUT2D eigenvalue weighted by Gasteiger charge is -2.06. The lowest BCUT2D eigenvalue weighted by molar-refractivity contribution is -0.386. The summed E-state index contributed by atoms with van der Waals surface area (Å²) >= 11 is 0. The molecule has 1 heterocycles. The van der Waals surface area contributed by atoms with Crippen LogP contribution in [0.5, 0.6) is 0 Å². The highest BCUT2D eigenvalue weighted by atomic mass is 16.6. The average Bonchev–Trinajstić information content (AvgIpc) is 2.15. The number of pyridine rings is 1. The molecular formula is C9H12N2O4. The predicted molar refractivity (Wildman–Crippen MR) is 53.7 cm³/mol. The molecule has 1 unspecified atom stereocenters. The van der Waals surface area contributed by atoms with Gasteiger partial charge in [0, 0.05) is 18.8 Å². The Labute approximate surface area is 85.9 Å². The van der Waals surface area contributed by atoms with E-state index in [1.807, 2.05) is 0 Å². The molecule has 15 heavy (non-hydrogen) atoms. The van der Waals surface area contributed by atoms with Crippen molar-refractivity contribution >= 4 is 5.69 Å². The third-order valence-corrected chi connectivity index (χ3v) is 1.98. The summed E-state index contributed by atoms with van der Waals surface area (Å²) < 4.78 is 1.23. The summed E-state index contributed by atoms with van der Waals surface area (Å²) in [6.45, 7) is 1.88. The monoisotopic (exact) mass is 212 g/mol. The van der Waals surface area contributed by atoms with E-state index < -0.39 is 22.3 Å². The highest BCUT2D eigenvalue weighted by Gasteiger charge is 2.13. The lowest BCUT2D eigenvalue weighted by atomic mass is 10.3. The molecule has 0 radical (unpaired) electrons. The Kier molecular flexibility index (Phi) is 3.56. The Morgan fingerprint density at radius 3 is 2.87 bits per heavy atom. The lowest BCUT2D eigenvalue weighted by Crippen LogP contribution is -2.23. The molecule has 0 aromatic carbocycles. The summed E-state index contributed by atoms with van der Waals surface area (Å²) in [5, 5.41) is 19.5. The maximum absolute atomic E-state index is 11.5. The molecule has 0 aliphatic carbocycles. The minimum atomic E-state index is -0.707. The fourth-order valence-corrected chi connectivity index (χ4v) is 1.17. The zero-order valence-electron chi connectivity index (χ0n) is 8.29. The smallest absolute Gasteiger partial charge is 0.334 e. The van der Waals surface area contributed by atoms with Gasteiger partial charge in [-0.2, -0.15) is 0 Å². The molecule has 1 aromatic heterocycles. The topological polar surface area (TPSA) is 85.4 Å². The first-order valence-corrected chi connectivity index (χ1v) is 4.54. The van der Waals surface area contributed by atoms with E-state index in [9.17, 15) is 14.9 Å². The second kappa shape index (κ2) is 4.70. The van der Waals surface area contributed by atoms with Gasteiger partial charge >= 0.3 is 11.2 Å². The maximum Gasteiger partial charge on any atom is 0.334 e. The Morgan fingerprint density at radius 2 is 2.33 bits per heavy atom. The zero-order chi connectivity index (χ0) is 11.4. The van der Waals surface area contributed by atoms with Gasteiger partial charge in [0.15, 0.2) is 0 Å². The first kappa shape index (κ1) is 11.4. The number of nitrogens with zero attached hydrogens (tertiary/aromatic N) is 2. The molecule has 0 amide bonds. The maximum atomic E-state index is 11.5. The van der Waals surface area contributed by atoms with Crippen LogP contribution in [0.25, 0.3) is 0 Å². The largest absolute Gasteiger partial charge is 0.393 e. The van der Waals surface area contributed by atoms with E-state index in [1.165, 1.54) is 22.9 Å². The molecule has 0 fully saturated rings. The van der Waals surface area contributed by atoms with Gasteiger partial charge in [-0.15, -0.1) is 0 Å². The van der Waals surface area contributed by atoms with Crippen LogP contribution in [-0.2, 0) is 6.54 Å². The van der Waals surface area contributed by atoms with E-state index in [0.29, 0.717) is 6.42 Å². The van der Waals surface area contributed by atoms with Gasteiger partial charge in [0.25, 0.3) is 0 Å². The summed E-state index contributed by atoms with van der Waals surface area (Å²) in [4.78, 5) is 21.2. The first-order chi connectivity index (χ1) is 7.02. The van der Waals surface area contributed by atoms with Crippen LogP contribution < -0.4 is 5.56 Å². The Morgan fingerprint density at radius 1 is 1.67 bits per heavy atom. The molecular weight excluding hydrogens is 200 g/mol. The molecule has 1 atom stereocenters. The molecule has 1 rings (SSSR count). The molecule has 6 nitrogen and oxygen atoms in total. The SMILES string of the molecule is CC(O)CCn1cccc([N+](=O)[O-])c1=O. The van der Waals surface area contributed by atoms with Crippen LogP contribution in [-0.4, -0.2) is 20.7 Å². The van der Waals surface area contributed by atoms with Gasteiger partial charge in [-0.05, 0) is 19.4 Å². The normalized spacial score (nSPS) is 12.4. The van der Waals surface area contributed by atoms with Gasteiger partial charge in [0.2, 0.25) is 0 Å². The van der Waals surface area contributed by atoms with Crippen LogP contribution in [0, 0.1) is 10.1 Å². The minimum absolute atomic E-state index is 0.276. The third-order valence-electron chi connectivity index (χ3n) is 1.98. The third kappa shape index (κ3) is 2.88. The van der Waals surface area contributed by atoms with Crippen molar-refractivity contribution in [1.29, 1.82) is 0 Å². The Hall–Kier alpha value is -1.69. The number of aromatic nitrogens is 1. The summed E-state index contributed by atoms with van der Waals surface area (Å²) in [7, 11) is 0. The second-order valence-corrected chi connectivity index (χ2v) is 3.29. The van der Waals surface area contributed by atoms with E-state index in [2.05, 4.69) is 0 Å². The number of aliphatic hydroxyl groups excluding tert-OH is 1. The molecule has 0 spiro atoms.